The van der Waals surface area contributed by atoms with Gasteiger partial charge >= 0.3 is 0 Å². The predicted molar refractivity (Wildman–Crippen MR) is 177 cm³/mol. The number of nitriles is 1. The number of imidazole rings is 1. The number of fused-ring (bicyclic) bond motifs is 5. The van der Waals surface area contributed by atoms with E-state index >= 15 is 0 Å². The Morgan fingerprint density at radius 3 is 1.80 bits per heavy atom. The van der Waals surface area contributed by atoms with Gasteiger partial charge in [-0.15, -0.1) is 0 Å². The van der Waals surface area contributed by atoms with Gasteiger partial charge < -0.3 is 9.80 Å². The van der Waals surface area contributed by atoms with Crippen LogP contribution in [0.15, 0.2) is 42.5 Å². The highest BCUT2D eigenvalue weighted by Gasteiger charge is 2.23. The maximum absolute atomic E-state index is 10.6. The van der Waals surface area contributed by atoms with Crippen LogP contribution in [-0.2, 0) is 0 Å². The SMILES string of the molecule is CCCCCN(CCCCC)c1ccc2c(N(CCCCC)CCCCC)c(C#N)c3nc4ccccc4n3c2c1. The van der Waals surface area contributed by atoms with Crippen LogP contribution in [0.1, 0.15) is 110 Å². The summed E-state index contributed by atoms with van der Waals surface area (Å²) in [6.07, 6.45) is 14.5. The van der Waals surface area contributed by atoms with E-state index in [4.69, 9.17) is 4.98 Å². The van der Waals surface area contributed by atoms with Crippen molar-refractivity contribution in [2.24, 2.45) is 0 Å². The Labute approximate surface area is 248 Å². The normalized spacial score (nSPS) is 11.5. The number of anilines is 2. The summed E-state index contributed by atoms with van der Waals surface area (Å²) in [5, 5.41) is 11.8. The summed E-state index contributed by atoms with van der Waals surface area (Å²) in [6, 6.07) is 18.0. The van der Waals surface area contributed by atoms with Gasteiger partial charge in [0, 0.05) is 37.3 Å². The molecule has 0 radical (unpaired) electrons. The van der Waals surface area contributed by atoms with Gasteiger partial charge in [-0.25, -0.2) is 4.98 Å². The van der Waals surface area contributed by atoms with Crippen molar-refractivity contribution in [1.82, 2.24) is 9.38 Å². The highest BCUT2D eigenvalue weighted by atomic mass is 15.1. The first kappa shape index (κ1) is 30.7. The molecule has 0 amide bonds. The number of aromatic nitrogens is 2. The van der Waals surface area contributed by atoms with E-state index in [2.05, 4.69) is 84.4 Å². The predicted octanol–water partition coefficient (Wildman–Crippen LogP) is 9.89. The summed E-state index contributed by atoms with van der Waals surface area (Å²) in [6.45, 7) is 13.2. The molecule has 2 aromatic carbocycles. The first-order chi connectivity index (χ1) is 20.2. The number of benzene rings is 2. The van der Waals surface area contributed by atoms with Gasteiger partial charge in [-0.1, -0.05) is 91.2 Å². The molecule has 4 aromatic rings. The molecule has 0 bridgehead atoms. The third kappa shape index (κ3) is 7.15. The van der Waals surface area contributed by atoms with Crippen molar-refractivity contribution < 1.29 is 0 Å². The molecule has 2 aromatic heterocycles. The minimum Gasteiger partial charge on any atom is -0.371 e. The van der Waals surface area contributed by atoms with Gasteiger partial charge in [-0.2, -0.15) is 5.26 Å². The lowest BCUT2D eigenvalue weighted by Crippen LogP contribution is -2.28. The van der Waals surface area contributed by atoms with Crippen molar-refractivity contribution in [3.8, 4) is 6.07 Å². The molecule has 0 saturated heterocycles. The highest BCUT2D eigenvalue weighted by Crippen LogP contribution is 2.38. The number of para-hydroxylation sites is 2. The Balaban J connectivity index is 1.94. The van der Waals surface area contributed by atoms with E-state index in [1.165, 1.54) is 69.9 Å². The molecule has 0 aliphatic rings. The zero-order valence-corrected chi connectivity index (χ0v) is 26.1. The second-order valence-corrected chi connectivity index (χ2v) is 11.6. The summed E-state index contributed by atoms with van der Waals surface area (Å²) >= 11 is 0. The Hall–Kier alpha value is -3.26. The highest BCUT2D eigenvalue weighted by molar-refractivity contribution is 6.03. The second-order valence-electron chi connectivity index (χ2n) is 11.6. The molecule has 220 valence electrons. The van der Waals surface area contributed by atoms with E-state index in [0.29, 0.717) is 5.56 Å². The average Bonchev–Trinajstić information content (AvgIpc) is 3.39. The summed E-state index contributed by atoms with van der Waals surface area (Å²) in [5.74, 6) is 0. The van der Waals surface area contributed by atoms with Gasteiger partial charge in [0.1, 0.15) is 11.6 Å². The number of pyridine rings is 1. The van der Waals surface area contributed by atoms with Crippen LogP contribution in [-0.4, -0.2) is 35.6 Å². The zero-order chi connectivity index (χ0) is 29.0. The molecule has 0 spiro atoms. The van der Waals surface area contributed by atoms with E-state index in [9.17, 15) is 5.26 Å². The fraction of sp³-hybridized carbons (Fsp3) is 0.556. The lowest BCUT2D eigenvalue weighted by atomic mass is 10.0. The summed E-state index contributed by atoms with van der Waals surface area (Å²) in [4.78, 5) is 10.2. The third-order valence-electron chi connectivity index (χ3n) is 8.42. The van der Waals surface area contributed by atoms with Crippen molar-refractivity contribution in [1.29, 1.82) is 5.26 Å². The molecule has 0 atom stereocenters. The first-order valence-corrected chi connectivity index (χ1v) is 16.4. The minimum absolute atomic E-state index is 0.706. The largest absolute Gasteiger partial charge is 0.371 e. The zero-order valence-electron chi connectivity index (χ0n) is 26.1. The maximum atomic E-state index is 10.6. The molecule has 4 rings (SSSR count). The smallest absolute Gasteiger partial charge is 0.158 e. The van der Waals surface area contributed by atoms with Crippen LogP contribution < -0.4 is 9.80 Å². The van der Waals surface area contributed by atoms with Crippen molar-refractivity contribution in [3.05, 3.63) is 48.0 Å². The van der Waals surface area contributed by atoms with E-state index in [1.807, 2.05) is 6.07 Å². The van der Waals surface area contributed by atoms with Gasteiger partial charge in [0.25, 0.3) is 0 Å². The van der Waals surface area contributed by atoms with E-state index in [1.54, 1.807) is 0 Å². The molecular weight excluding hydrogens is 502 g/mol. The van der Waals surface area contributed by atoms with E-state index in [-0.39, 0.29) is 0 Å². The number of nitrogens with zero attached hydrogens (tertiary/aromatic N) is 5. The molecule has 0 aliphatic carbocycles. The second kappa shape index (κ2) is 15.7. The fourth-order valence-electron chi connectivity index (χ4n) is 6.13. The van der Waals surface area contributed by atoms with Gasteiger partial charge in [0.05, 0.1) is 22.2 Å². The van der Waals surface area contributed by atoms with Crippen molar-refractivity contribution in [2.45, 2.75) is 105 Å². The van der Waals surface area contributed by atoms with Crippen molar-refractivity contribution in [3.63, 3.8) is 0 Å². The van der Waals surface area contributed by atoms with Crippen LogP contribution in [0, 0.1) is 11.3 Å². The molecule has 2 heterocycles. The lowest BCUT2D eigenvalue weighted by molar-refractivity contribution is 0.636. The quantitative estimate of drug-likeness (QED) is 0.115. The molecule has 0 N–H and O–H groups in total. The number of unbranched alkanes of at least 4 members (excludes halogenated alkanes) is 8. The molecule has 0 saturated carbocycles. The topological polar surface area (TPSA) is 47.6 Å². The summed E-state index contributed by atoms with van der Waals surface area (Å²) in [5.41, 5.74) is 7.02. The van der Waals surface area contributed by atoms with Gasteiger partial charge in [-0.3, -0.25) is 4.40 Å². The molecule has 5 nitrogen and oxygen atoms in total. The average molecular weight is 554 g/mol. The maximum Gasteiger partial charge on any atom is 0.158 e. The number of hydrogen-bond donors (Lipinski definition) is 0. The van der Waals surface area contributed by atoms with Crippen molar-refractivity contribution in [2.75, 3.05) is 36.0 Å². The first-order valence-electron chi connectivity index (χ1n) is 16.4. The van der Waals surface area contributed by atoms with Crippen LogP contribution >= 0.6 is 0 Å². The van der Waals surface area contributed by atoms with E-state index < -0.39 is 0 Å². The number of hydrogen-bond acceptors (Lipinski definition) is 4. The Kier molecular flexibility index (Phi) is 11.7. The van der Waals surface area contributed by atoms with Crippen LogP contribution in [0.5, 0.6) is 0 Å². The molecule has 41 heavy (non-hydrogen) atoms. The Morgan fingerprint density at radius 1 is 0.683 bits per heavy atom. The monoisotopic (exact) mass is 553 g/mol. The van der Waals surface area contributed by atoms with Crippen LogP contribution in [0.4, 0.5) is 11.4 Å². The Bertz CT molecular complexity index is 1410. The molecule has 0 unspecified atom stereocenters. The fourth-order valence-corrected chi connectivity index (χ4v) is 6.13. The standard InChI is InChI=1S/C36H51N5/c1-5-9-15-23-39(24-16-10-6-2)29-21-22-30-34(27-29)41-33-20-14-13-19-32(33)38-36(41)31(28-37)35(30)40(25-17-11-7-3)26-18-12-8-4/h13-14,19-22,27H,5-12,15-18,23-26H2,1-4H3. The lowest BCUT2D eigenvalue weighted by Gasteiger charge is -2.29. The van der Waals surface area contributed by atoms with Crippen LogP contribution in [0.25, 0.3) is 27.6 Å². The van der Waals surface area contributed by atoms with Crippen molar-refractivity contribution >= 4 is 39.0 Å². The minimum atomic E-state index is 0.706. The van der Waals surface area contributed by atoms with Crippen LogP contribution in [0.3, 0.4) is 0 Å². The third-order valence-corrected chi connectivity index (χ3v) is 8.42. The molecular formula is C36H51N5. The summed E-state index contributed by atoms with van der Waals surface area (Å²) in [7, 11) is 0. The van der Waals surface area contributed by atoms with Crippen LogP contribution in [0.2, 0.25) is 0 Å². The molecule has 0 aliphatic heterocycles. The van der Waals surface area contributed by atoms with Gasteiger partial charge in [-0.05, 0) is 56.0 Å². The van der Waals surface area contributed by atoms with E-state index in [0.717, 1.165) is 72.3 Å². The van der Waals surface area contributed by atoms with Gasteiger partial charge in [0.2, 0.25) is 0 Å². The van der Waals surface area contributed by atoms with Gasteiger partial charge in [0.15, 0.2) is 5.65 Å². The Morgan fingerprint density at radius 2 is 1.24 bits per heavy atom. The summed E-state index contributed by atoms with van der Waals surface area (Å²) < 4.78 is 2.25. The molecule has 0 fully saturated rings. The number of rotatable bonds is 18. The molecule has 5 heteroatoms.